The number of benzene rings is 1. The van der Waals surface area contributed by atoms with Crippen molar-refractivity contribution in [1.29, 1.82) is 0 Å². The number of hydrogen-bond acceptors (Lipinski definition) is 4. The summed E-state index contributed by atoms with van der Waals surface area (Å²) in [6.07, 6.45) is 0. The Morgan fingerprint density at radius 1 is 1.21 bits per heavy atom. The van der Waals surface area contributed by atoms with E-state index >= 15 is 0 Å². The van der Waals surface area contributed by atoms with Crippen molar-refractivity contribution in [2.45, 2.75) is 6.04 Å². The third kappa shape index (κ3) is 2.09. The maximum absolute atomic E-state index is 4.56. The van der Waals surface area contributed by atoms with Crippen LogP contribution < -0.4 is 5.32 Å². The fraction of sp³-hybridized carbons (Fsp3) is 0.500. The average Bonchev–Trinajstić information content (AvgIpc) is 2.89. The third-order valence-electron chi connectivity index (χ3n) is 4.29. The molecule has 5 nitrogen and oxygen atoms in total. The highest BCUT2D eigenvalue weighted by atomic mass is 15.4. The Labute approximate surface area is 112 Å². The molecule has 100 valence electrons. The van der Waals surface area contributed by atoms with Crippen molar-refractivity contribution in [3.8, 4) is 0 Å². The number of aromatic nitrogens is 2. The summed E-state index contributed by atoms with van der Waals surface area (Å²) in [5, 5.41) is 3.45. The lowest BCUT2D eigenvalue weighted by molar-refractivity contribution is 0.0189. The highest BCUT2D eigenvalue weighted by Gasteiger charge is 2.31. The maximum atomic E-state index is 4.56. The van der Waals surface area contributed by atoms with Crippen molar-refractivity contribution < 1.29 is 0 Å². The van der Waals surface area contributed by atoms with Gasteiger partial charge in [0.25, 0.3) is 0 Å². The normalized spacial score (nSPS) is 29.8. The molecular weight excluding hydrogens is 238 g/mol. The van der Waals surface area contributed by atoms with Crippen LogP contribution in [0.2, 0.25) is 0 Å². The van der Waals surface area contributed by atoms with E-state index in [-0.39, 0.29) is 0 Å². The molecule has 3 aliphatic heterocycles. The number of anilines is 1. The lowest BCUT2D eigenvalue weighted by atomic mass is 10.1. The van der Waals surface area contributed by atoms with E-state index in [0.717, 1.165) is 23.5 Å². The van der Waals surface area contributed by atoms with E-state index in [4.69, 9.17) is 0 Å². The number of rotatable bonds is 3. The number of aromatic amines is 1. The van der Waals surface area contributed by atoms with Gasteiger partial charge < -0.3 is 10.3 Å². The van der Waals surface area contributed by atoms with Gasteiger partial charge in [-0.1, -0.05) is 12.1 Å². The van der Waals surface area contributed by atoms with Crippen LogP contribution in [-0.4, -0.2) is 65.1 Å². The van der Waals surface area contributed by atoms with Crippen LogP contribution in [0.4, 0.5) is 5.95 Å². The van der Waals surface area contributed by atoms with Crippen LogP contribution in [0.5, 0.6) is 0 Å². The van der Waals surface area contributed by atoms with Gasteiger partial charge in [0, 0.05) is 45.3 Å². The molecule has 3 fully saturated rings. The standard InChI is InChI=1S/C14H19N5/c1-2-4-13-12(3-1)16-14(17-13)15-9-11-10-18-5-7-19(11)8-6-18/h1-4,11H,5-10H2,(H2,15,16,17). The molecule has 0 amide bonds. The van der Waals surface area contributed by atoms with Gasteiger partial charge in [0.15, 0.2) is 0 Å². The minimum Gasteiger partial charge on any atom is -0.354 e. The Bertz CT molecular complexity index is 537. The van der Waals surface area contributed by atoms with E-state index < -0.39 is 0 Å². The predicted molar refractivity (Wildman–Crippen MR) is 76.4 cm³/mol. The number of H-pyrrole nitrogens is 1. The first kappa shape index (κ1) is 11.3. The number of hydrogen-bond donors (Lipinski definition) is 2. The predicted octanol–water partition coefficient (Wildman–Crippen LogP) is 0.975. The number of fused-ring (bicyclic) bond motifs is 4. The van der Waals surface area contributed by atoms with Gasteiger partial charge in [-0.2, -0.15) is 0 Å². The van der Waals surface area contributed by atoms with E-state index in [1.54, 1.807) is 0 Å². The molecule has 0 spiro atoms. The second-order valence-electron chi connectivity index (χ2n) is 5.47. The van der Waals surface area contributed by atoms with Crippen LogP contribution >= 0.6 is 0 Å². The molecule has 19 heavy (non-hydrogen) atoms. The van der Waals surface area contributed by atoms with Crippen molar-refractivity contribution in [3.05, 3.63) is 24.3 Å². The lowest BCUT2D eigenvalue weighted by Gasteiger charge is -2.47. The summed E-state index contributed by atoms with van der Waals surface area (Å²) in [5.74, 6) is 0.888. The zero-order valence-electron chi connectivity index (χ0n) is 11.0. The molecule has 2 N–H and O–H groups in total. The van der Waals surface area contributed by atoms with Gasteiger partial charge in [-0.05, 0) is 12.1 Å². The van der Waals surface area contributed by atoms with E-state index in [2.05, 4.69) is 31.2 Å². The smallest absolute Gasteiger partial charge is 0.201 e. The first-order chi connectivity index (χ1) is 9.38. The Kier molecular flexibility index (Phi) is 2.67. The van der Waals surface area contributed by atoms with Gasteiger partial charge in [0.05, 0.1) is 11.0 Å². The molecule has 0 radical (unpaired) electrons. The number of nitrogens with one attached hydrogen (secondary N) is 2. The monoisotopic (exact) mass is 257 g/mol. The molecule has 3 saturated heterocycles. The molecule has 2 bridgehead atoms. The molecule has 0 aliphatic carbocycles. The summed E-state index contributed by atoms with van der Waals surface area (Å²) < 4.78 is 0. The van der Waals surface area contributed by atoms with E-state index in [1.165, 1.54) is 32.7 Å². The molecule has 5 heteroatoms. The first-order valence-corrected chi connectivity index (χ1v) is 7.03. The molecule has 1 aromatic heterocycles. The van der Waals surface area contributed by atoms with Crippen molar-refractivity contribution in [2.24, 2.45) is 0 Å². The largest absolute Gasteiger partial charge is 0.354 e. The fourth-order valence-electron chi connectivity index (χ4n) is 3.17. The van der Waals surface area contributed by atoms with Gasteiger partial charge in [-0.15, -0.1) is 0 Å². The number of para-hydroxylation sites is 2. The molecule has 1 atom stereocenters. The van der Waals surface area contributed by atoms with Gasteiger partial charge in [-0.25, -0.2) is 4.98 Å². The third-order valence-corrected chi connectivity index (χ3v) is 4.29. The lowest BCUT2D eigenvalue weighted by Crippen LogP contribution is -2.62. The molecular formula is C14H19N5. The molecule has 2 aromatic rings. The SMILES string of the molecule is c1ccc2[nH]c(NCC3CN4CCN3CC4)nc2c1. The Balaban J connectivity index is 1.44. The second kappa shape index (κ2) is 4.51. The van der Waals surface area contributed by atoms with Crippen molar-refractivity contribution >= 4 is 17.0 Å². The highest BCUT2D eigenvalue weighted by Crippen LogP contribution is 2.17. The maximum Gasteiger partial charge on any atom is 0.201 e. The van der Waals surface area contributed by atoms with Gasteiger partial charge in [0.1, 0.15) is 0 Å². The van der Waals surface area contributed by atoms with Crippen LogP contribution in [0.15, 0.2) is 24.3 Å². The van der Waals surface area contributed by atoms with Crippen LogP contribution in [0, 0.1) is 0 Å². The van der Waals surface area contributed by atoms with E-state index in [9.17, 15) is 0 Å². The summed E-state index contributed by atoms with van der Waals surface area (Å²) in [4.78, 5) is 13.0. The first-order valence-electron chi connectivity index (χ1n) is 7.03. The molecule has 3 aliphatic rings. The Hall–Kier alpha value is -1.59. The van der Waals surface area contributed by atoms with Crippen molar-refractivity contribution in [3.63, 3.8) is 0 Å². The summed E-state index contributed by atoms with van der Waals surface area (Å²) in [6, 6.07) is 8.77. The summed E-state index contributed by atoms with van der Waals surface area (Å²) in [6.45, 7) is 7.06. The van der Waals surface area contributed by atoms with Crippen molar-refractivity contribution in [2.75, 3.05) is 44.6 Å². The Morgan fingerprint density at radius 2 is 2.05 bits per heavy atom. The van der Waals surface area contributed by atoms with Crippen molar-refractivity contribution in [1.82, 2.24) is 19.8 Å². The van der Waals surface area contributed by atoms with Crippen LogP contribution in [0.1, 0.15) is 0 Å². The average molecular weight is 257 g/mol. The molecule has 5 rings (SSSR count). The zero-order chi connectivity index (χ0) is 12.7. The minimum atomic E-state index is 0.621. The number of piperazine rings is 3. The topological polar surface area (TPSA) is 47.2 Å². The quantitative estimate of drug-likeness (QED) is 0.860. The summed E-state index contributed by atoms with van der Waals surface area (Å²) >= 11 is 0. The molecule has 1 unspecified atom stereocenters. The summed E-state index contributed by atoms with van der Waals surface area (Å²) in [7, 11) is 0. The summed E-state index contributed by atoms with van der Waals surface area (Å²) in [5.41, 5.74) is 2.12. The van der Waals surface area contributed by atoms with E-state index in [0.29, 0.717) is 6.04 Å². The fourth-order valence-corrected chi connectivity index (χ4v) is 3.17. The van der Waals surface area contributed by atoms with Crippen LogP contribution in [-0.2, 0) is 0 Å². The van der Waals surface area contributed by atoms with Crippen LogP contribution in [0.3, 0.4) is 0 Å². The van der Waals surface area contributed by atoms with E-state index in [1.807, 2.05) is 18.2 Å². The minimum absolute atomic E-state index is 0.621. The molecule has 0 saturated carbocycles. The van der Waals surface area contributed by atoms with Crippen LogP contribution in [0.25, 0.3) is 11.0 Å². The number of nitrogens with zero attached hydrogens (tertiary/aromatic N) is 3. The van der Waals surface area contributed by atoms with Gasteiger partial charge in [0.2, 0.25) is 5.95 Å². The number of imidazole rings is 1. The highest BCUT2D eigenvalue weighted by molar-refractivity contribution is 5.77. The Morgan fingerprint density at radius 3 is 2.79 bits per heavy atom. The second-order valence-corrected chi connectivity index (χ2v) is 5.47. The zero-order valence-corrected chi connectivity index (χ0v) is 11.0. The molecule has 4 heterocycles. The molecule has 1 aromatic carbocycles. The van der Waals surface area contributed by atoms with Gasteiger partial charge >= 0.3 is 0 Å². The van der Waals surface area contributed by atoms with Gasteiger partial charge in [-0.3, -0.25) is 9.80 Å².